The second kappa shape index (κ2) is 6.57. The number of hydrogen-bond donors (Lipinski definition) is 2. The Morgan fingerprint density at radius 2 is 2.12 bits per heavy atom. The number of carbonyl (C=O) groups excluding carboxylic acids is 1. The van der Waals surface area contributed by atoms with E-state index in [1.54, 1.807) is 6.20 Å². The number of H-pyrrole nitrogens is 1. The van der Waals surface area contributed by atoms with Gasteiger partial charge in [0, 0.05) is 17.3 Å². The molecule has 4 rings (SSSR count). The zero-order valence-electron chi connectivity index (χ0n) is 13.6. The van der Waals surface area contributed by atoms with Gasteiger partial charge in [0.2, 0.25) is 5.91 Å². The molecular formula is C19H16N4OS. The SMILES string of the molecule is Cc1cccc(NC(=O)CSc2nc3c(ccc4ncccc43)[nH]2)c1. The van der Waals surface area contributed by atoms with Crippen LogP contribution in [0.4, 0.5) is 5.69 Å². The molecular weight excluding hydrogens is 332 g/mol. The standard InChI is InChI=1S/C19H16N4OS/c1-12-4-2-5-13(10-12)21-17(24)11-25-19-22-16-8-7-15-14(18(16)23-19)6-3-9-20-15/h2-10H,11H2,1H3,(H,21,24)(H,22,23). The Morgan fingerprint density at radius 3 is 3.00 bits per heavy atom. The maximum atomic E-state index is 12.1. The van der Waals surface area contributed by atoms with Gasteiger partial charge in [-0.25, -0.2) is 4.98 Å². The molecule has 5 nitrogen and oxygen atoms in total. The Labute approximate surface area is 148 Å². The molecule has 0 unspecified atom stereocenters. The van der Waals surface area contributed by atoms with Crippen LogP contribution in [0.1, 0.15) is 5.56 Å². The van der Waals surface area contributed by atoms with Crippen LogP contribution in [0.15, 0.2) is 59.9 Å². The van der Waals surface area contributed by atoms with Crippen molar-refractivity contribution in [2.45, 2.75) is 12.1 Å². The summed E-state index contributed by atoms with van der Waals surface area (Å²) in [6.07, 6.45) is 1.77. The lowest BCUT2D eigenvalue weighted by atomic mass is 10.2. The Hall–Kier alpha value is -2.86. The number of amides is 1. The van der Waals surface area contributed by atoms with E-state index in [1.165, 1.54) is 11.8 Å². The van der Waals surface area contributed by atoms with E-state index in [1.807, 2.05) is 55.5 Å². The van der Waals surface area contributed by atoms with Crippen molar-refractivity contribution in [1.29, 1.82) is 0 Å². The normalized spacial score (nSPS) is 11.1. The molecule has 6 heteroatoms. The van der Waals surface area contributed by atoms with Crippen LogP contribution in [-0.4, -0.2) is 26.6 Å². The number of imidazole rings is 1. The predicted octanol–water partition coefficient (Wildman–Crippen LogP) is 4.15. The predicted molar refractivity (Wildman–Crippen MR) is 102 cm³/mol. The van der Waals surface area contributed by atoms with E-state index in [0.717, 1.165) is 38.3 Å². The van der Waals surface area contributed by atoms with Crippen LogP contribution < -0.4 is 5.32 Å². The van der Waals surface area contributed by atoms with Crippen molar-refractivity contribution < 1.29 is 4.79 Å². The van der Waals surface area contributed by atoms with Gasteiger partial charge in [0.15, 0.2) is 5.16 Å². The topological polar surface area (TPSA) is 70.7 Å². The molecule has 0 fully saturated rings. The summed E-state index contributed by atoms with van der Waals surface area (Å²) >= 11 is 1.39. The number of rotatable bonds is 4. The maximum Gasteiger partial charge on any atom is 0.234 e. The minimum Gasteiger partial charge on any atom is -0.333 e. The summed E-state index contributed by atoms with van der Waals surface area (Å²) < 4.78 is 0. The molecule has 2 aromatic heterocycles. The van der Waals surface area contributed by atoms with Gasteiger partial charge in [-0.3, -0.25) is 9.78 Å². The highest BCUT2D eigenvalue weighted by atomic mass is 32.2. The molecule has 1 amide bonds. The third-order valence-corrected chi connectivity index (χ3v) is 4.73. The van der Waals surface area contributed by atoms with E-state index >= 15 is 0 Å². The number of aryl methyl sites for hydroxylation is 1. The lowest BCUT2D eigenvalue weighted by Gasteiger charge is -2.04. The summed E-state index contributed by atoms with van der Waals surface area (Å²) in [6.45, 7) is 2.00. The average molecular weight is 348 g/mol. The van der Waals surface area contributed by atoms with Gasteiger partial charge in [0.25, 0.3) is 0 Å². The summed E-state index contributed by atoms with van der Waals surface area (Å²) in [4.78, 5) is 24.4. The molecule has 4 aromatic rings. The number of carbonyl (C=O) groups is 1. The Balaban J connectivity index is 1.49. The Kier molecular flexibility index (Phi) is 4.11. The molecule has 0 spiro atoms. The molecule has 2 heterocycles. The van der Waals surface area contributed by atoms with Crippen LogP contribution in [0.25, 0.3) is 21.9 Å². The third-order valence-electron chi connectivity index (χ3n) is 3.85. The van der Waals surface area contributed by atoms with Crippen molar-refractivity contribution in [3.05, 3.63) is 60.3 Å². The van der Waals surface area contributed by atoms with Crippen LogP contribution in [0, 0.1) is 6.92 Å². The fraction of sp³-hybridized carbons (Fsp3) is 0.105. The fourth-order valence-corrected chi connectivity index (χ4v) is 3.40. The number of anilines is 1. The summed E-state index contributed by atoms with van der Waals surface area (Å²) in [5.74, 6) is 0.242. The molecule has 0 radical (unpaired) electrons. The molecule has 124 valence electrons. The summed E-state index contributed by atoms with van der Waals surface area (Å²) in [6, 6.07) is 15.6. The van der Waals surface area contributed by atoms with E-state index in [0.29, 0.717) is 5.75 Å². The number of thioether (sulfide) groups is 1. The minimum absolute atomic E-state index is 0.0532. The first-order valence-electron chi connectivity index (χ1n) is 7.92. The molecule has 0 aliphatic carbocycles. The Morgan fingerprint density at radius 1 is 1.20 bits per heavy atom. The molecule has 25 heavy (non-hydrogen) atoms. The number of pyridine rings is 1. The van der Waals surface area contributed by atoms with E-state index in [9.17, 15) is 4.79 Å². The number of aromatic amines is 1. The molecule has 0 saturated heterocycles. The van der Waals surface area contributed by atoms with Gasteiger partial charge in [-0.05, 0) is 48.9 Å². The first-order valence-corrected chi connectivity index (χ1v) is 8.90. The van der Waals surface area contributed by atoms with Crippen LogP contribution >= 0.6 is 11.8 Å². The van der Waals surface area contributed by atoms with Crippen LogP contribution in [0.2, 0.25) is 0 Å². The number of aromatic nitrogens is 3. The first-order chi connectivity index (χ1) is 12.2. The highest BCUT2D eigenvalue weighted by Crippen LogP contribution is 2.25. The van der Waals surface area contributed by atoms with Crippen LogP contribution in [0.5, 0.6) is 0 Å². The third kappa shape index (κ3) is 3.34. The molecule has 0 aliphatic rings. The number of nitrogens with zero attached hydrogens (tertiary/aromatic N) is 2. The quantitative estimate of drug-likeness (QED) is 0.544. The number of hydrogen-bond acceptors (Lipinski definition) is 4. The molecule has 2 aromatic carbocycles. The second-order valence-corrected chi connectivity index (χ2v) is 6.74. The summed E-state index contributed by atoms with van der Waals surface area (Å²) in [7, 11) is 0. The number of fused-ring (bicyclic) bond motifs is 3. The van der Waals surface area contributed by atoms with E-state index in [-0.39, 0.29) is 5.91 Å². The average Bonchev–Trinajstić information content (AvgIpc) is 3.04. The highest BCUT2D eigenvalue weighted by molar-refractivity contribution is 7.99. The lowest BCUT2D eigenvalue weighted by Crippen LogP contribution is -2.14. The van der Waals surface area contributed by atoms with Gasteiger partial charge in [-0.15, -0.1) is 0 Å². The minimum atomic E-state index is -0.0532. The zero-order chi connectivity index (χ0) is 17.2. The van der Waals surface area contributed by atoms with Gasteiger partial charge >= 0.3 is 0 Å². The first kappa shape index (κ1) is 15.7. The number of benzene rings is 2. The van der Waals surface area contributed by atoms with Gasteiger partial charge < -0.3 is 10.3 Å². The van der Waals surface area contributed by atoms with Gasteiger partial charge in [-0.2, -0.15) is 0 Å². The fourth-order valence-electron chi connectivity index (χ4n) is 2.73. The lowest BCUT2D eigenvalue weighted by molar-refractivity contribution is -0.113. The second-order valence-electron chi connectivity index (χ2n) is 5.78. The molecule has 0 saturated carbocycles. The van der Waals surface area contributed by atoms with Gasteiger partial charge in [0.05, 0.1) is 22.3 Å². The van der Waals surface area contributed by atoms with E-state index < -0.39 is 0 Å². The summed E-state index contributed by atoms with van der Waals surface area (Å²) in [5, 5.41) is 4.64. The van der Waals surface area contributed by atoms with Crippen LogP contribution in [-0.2, 0) is 4.79 Å². The molecule has 0 atom stereocenters. The monoisotopic (exact) mass is 348 g/mol. The van der Waals surface area contributed by atoms with Crippen molar-refractivity contribution in [1.82, 2.24) is 15.0 Å². The van der Waals surface area contributed by atoms with E-state index in [4.69, 9.17) is 0 Å². The van der Waals surface area contributed by atoms with Crippen molar-refractivity contribution >= 4 is 45.3 Å². The van der Waals surface area contributed by atoms with Gasteiger partial charge in [-0.1, -0.05) is 23.9 Å². The van der Waals surface area contributed by atoms with Gasteiger partial charge in [0.1, 0.15) is 0 Å². The molecule has 2 N–H and O–H groups in total. The molecule has 0 aliphatic heterocycles. The van der Waals surface area contributed by atoms with Crippen LogP contribution in [0.3, 0.4) is 0 Å². The molecule has 0 bridgehead atoms. The zero-order valence-corrected chi connectivity index (χ0v) is 14.4. The van der Waals surface area contributed by atoms with E-state index in [2.05, 4.69) is 20.3 Å². The smallest absolute Gasteiger partial charge is 0.234 e. The largest absolute Gasteiger partial charge is 0.333 e. The number of nitrogens with one attached hydrogen (secondary N) is 2. The summed E-state index contributed by atoms with van der Waals surface area (Å²) in [5.41, 5.74) is 4.67. The Bertz CT molecular complexity index is 1070. The maximum absolute atomic E-state index is 12.1. The highest BCUT2D eigenvalue weighted by Gasteiger charge is 2.10. The van der Waals surface area contributed by atoms with Crippen molar-refractivity contribution in [2.24, 2.45) is 0 Å². The van der Waals surface area contributed by atoms with Crippen molar-refractivity contribution in [3.8, 4) is 0 Å². The van der Waals surface area contributed by atoms with Crippen molar-refractivity contribution in [3.63, 3.8) is 0 Å². The van der Waals surface area contributed by atoms with Crippen molar-refractivity contribution in [2.75, 3.05) is 11.1 Å².